The standard InChI is InChI=1S/C19H31N3O.HI/c1-2-3-4-8-13-21-18(20)22-16-19(11-14-23-15-12-19)17-9-6-5-7-10-17;/h5-7,9-10H,2-4,8,11-16H2,1H3,(H3,20,21,22);1H. The molecule has 24 heavy (non-hydrogen) atoms. The van der Waals surface area contributed by atoms with Crippen molar-refractivity contribution in [1.82, 2.24) is 5.32 Å². The molecule has 1 heterocycles. The minimum atomic E-state index is 0. The second-order valence-corrected chi connectivity index (χ2v) is 6.45. The van der Waals surface area contributed by atoms with E-state index in [1.54, 1.807) is 0 Å². The van der Waals surface area contributed by atoms with Gasteiger partial charge in [0.25, 0.3) is 0 Å². The molecule has 3 N–H and O–H groups in total. The van der Waals surface area contributed by atoms with Crippen molar-refractivity contribution in [2.75, 3.05) is 26.3 Å². The monoisotopic (exact) mass is 445 g/mol. The van der Waals surface area contributed by atoms with Crippen molar-refractivity contribution in [1.29, 1.82) is 0 Å². The summed E-state index contributed by atoms with van der Waals surface area (Å²) in [6.45, 7) is 5.47. The van der Waals surface area contributed by atoms with Gasteiger partial charge < -0.3 is 15.8 Å². The molecule has 2 rings (SSSR count). The van der Waals surface area contributed by atoms with Gasteiger partial charge in [-0.05, 0) is 24.8 Å². The van der Waals surface area contributed by atoms with Gasteiger partial charge >= 0.3 is 0 Å². The molecule has 0 saturated carbocycles. The summed E-state index contributed by atoms with van der Waals surface area (Å²) in [5.41, 5.74) is 7.46. The van der Waals surface area contributed by atoms with Gasteiger partial charge in [-0.25, -0.2) is 0 Å². The lowest BCUT2D eigenvalue weighted by atomic mass is 9.74. The summed E-state index contributed by atoms with van der Waals surface area (Å²) in [5, 5.41) is 3.25. The smallest absolute Gasteiger partial charge is 0.188 e. The van der Waals surface area contributed by atoms with Gasteiger partial charge in [-0.15, -0.1) is 24.0 Å². The fourth-order valence-electron chi connectivity index (χ4n) is 3.15. The van der Waals surface area contributed by atoms with Crippen LogP contribution < -0.4 is 11.1 Å². The molecule has 0 unspecified atom stereocenters. The Labute approximate surface area is 163 Å². The Morgan fingerprint density at radius 2 is 1.88 bits per heavy atom. The van der Waals surface area contributed by atoms with Gasteiger partial charge in [0.1, 0.15) is 0 Å². The molecule has 136 valence electrons. The molecule has 0 bridgehead atoms. The molecular formula is C19H32IN3O. The third-order valence-electron chi connectivity index (χ3n) is 4.72. The zero-order valence-corrected chi connectivity index (χ0v) is 17.1. The van der Waals surface area contributed by atoms with Crippen molar-refractivity contribution in [3.63, 3.8) is 0 Å². The summed E-state index contributed by atoms with van der Waals surface area (Å²) < 4.78 is 5.56. The highest BCUT2D eigenvalue weighted by Crippen LogP contribution is 2.35. The molecule has 0 atom stereocenters. The summed E-state index contributed by atoms with van der Waals surface area (Å²) in [5.74, 6) is 0.572. The Bertz CT molecular complexity index is 473. The maximum atomic E-state index is 6.05. The second-order valence-electron chi connectivity index (χ2n) is 6.45. The van der Waals surface area contributed by atoms with Crippen molar-refractivity contribution < 1.29 is 4.74 Å². The minimum absolute atomic E-state index is 0. The molecule has 1 aromatic carbocycles. The van der Waals surface area contributed by atoms with E-state index >= 15 is 0 Å². The second kappa shape index (κ2) is 11.7. The van der Waals surface area contributed by atoms with Crippen LogP contribution in [-0.2, 0) is 10.2 Å². The molecule has 4 nitrogen and oxygen atoms in total. The van der Waals surface area contributed by atoms with Gasteiger partial charge in [-0.2, -0.15) is 0 Å². The Morgan fingerprint density at radius 3 is 2.54 bits per heavy atom. The average molecular weight is 445 g/mol. The van der Waals surface area contributed by atoms with Crippen LogP contribution in [0.15, 0.2) is 35.3 Å². The van der Waals surface area contributed by atoms with Crippen LogP contribution in [0.25, 0.3) is 0 Å². The van der Waals surface area contributed by atoms with Gasteiger partial charge in [-0.3, -0.25) is 4.99 Å². The van der Waals surface area contributed by atoms with E-state index in [2.05, 4.69) is 47.6 Å². The summed E-state index contributed by atoms with van der Waals surface area (Å²) >= 11 is 0. The molecular weight excluding hydrogens is 413 g/mol. The number of nitrogens with one attached hydrogen (secondary N) is 1. The fourth-order valence-corrected chi connectivity index (χ4v) is 3.15. The van der Waals surface area contributed by atoms with E-state index in [4.69, 9.17) is 10.5 Å². The number of benzene rings is 1. The third-order valence-corrected chi connectivity index (χ3v) is 4.72. The van der Waals surface area contributed by atoms with Gasteiger partial charge in [0.2, 0.25) is 0 Å². The summed E-state index contributed by atoms with van der Waals surface area (Å²) in [6.07, 6.45) is 6.96. The Morgan fingerprint density at radius 1 is 1.17 bits per heavy atom. The number of hydrogen-bond donors (Lipinski definition) is 2. The number of hydrogen-bond acceptors (Lipinski definition) is 2. The SMILES string of the molecule is CCCCCCNC(N)=NCC1(c2ccccc2)CCOCC1.I. The molecule has 1 aromatic rings. The first-order valence-electron chi connectivity index (χ1n) is 8.94. The number of nitrogens with two attached hydrogens (primary N) is 1. The highest BCUT2D eigenvalue weighted by atomic mass is 127. The van der Waals surface area contributed by atoms with E-state index in [1.165, 1.54) is 24.8 Å². The molecule has 1 aliphatic rings. The predicted molar refractivity (Wildman–Crippen MR) is 112 cm³/mol. The lowest BCUT2D eigenvalue weighted by Gasteiger charge is -2.36. The molecule has 0 amide bonds. The Kier molecular flexibility index (Phi) is 10.3. The number of halogens is 1. The van der Waals surface area contributed by atoms with Crippen molar-refractivity contribution >= 4 is 29.9 Å². The lowest BCUT2D eigenvalue weighted by Crippen LogP contribution is -2.39. The lowest BCUT2D eigenvalue weighted by molar-refractivity contribution is 0.0531. The maximum absolute atomic E-state index is 6.05. The first kappa shape index (κ1) is 21.2. The van der Waals surface area contributed by atoms with Gasteiger partial charge in [-0.1, -0.05) is 56.5 Å². The van der Waals surface area contributed by atoms with E-state index in [-0.39, 0.29) is 29.4 Å². The highest BCUT2D eigenvalue weighted by Gasteiger charge is 2.34. The fraction of sp³-hybridized carbons (Fsp3) is 0.632. The van der Waals surface area contributed by atoms with Crippen LogP contribution in [0, 0.1) is 0 Å². The number of unbranched alkanes of at least 4 members (excludes halogenated alkanes) is 3. The zero-order valence-electron chi connectivity index (χ0n) is 14.8. The first-order chi connectivity index (χ1) is 11.3. The number of ether oxygens (including phenoxy) is 1. The van der Waals surface area contributed by atoms with Gasteiger partial charge in [0, 0.05) is 25.2 Å². The van der Waals surface area contributed by atoms with E-state index in [9.17, 15) is 0 Å². The molecule has 0 aromatic heterocycles. The minimum Gasteiger partial charge on any atom is -0.381 e. The average Bonchev–Trinajstić information content (AvgIpc) is 2.61. The van der Waals surface area contributed by atoms with Crippen molar-refractivity contribution in [2.24, 2.45) is 10.7 Å². The van der Waals surface area contributed by atoms with E-state index in [0.29, 0.717) is 5.96 Å². The quantitative estimate of drug-likeness (QED) is 0.277. The van der Waals surface area contributed by atoms with E-state index < -0.39 is 0 Å². The van der Waals surface area contributed by atoms with Crippen LogP contribution in [0.5, 0.6) is 0 Å². The topological polar surface area (TPSA) is 59.6 Å². The Hall–Kier alpha value is -0.820. The van der Waals surface area contributed by atoms with Crippen LogP contribution in [0.1, 0.15) is 51.0 Å². The summed E-state index contributed by atoms with van der Waals surface area (Å²) in [4.78, 5) is 4.64. The van der Waals surface area contributed by atoms with Crippen LogP contribution >= 0.6 is 24.0 Å². The van der Waals surface area contributed by atoms with Gasteiger partial charge in [0.15, 0.2) is 5.96 Å². The third kappa shape index (κ3) is 6.59. The molecule has 0 radical (unpaired) electrons. The van der Waals surface area contributed by atoms with Crippen LogP contribution in [0.3, 0.4) is 0 Å². The summed E-state index contributed by atoms with van der Waals surface area (Å²) in [6, 6.07) is 10.7. The number of rotatable bonds is 8. The normalized spacial score (nSPS) is 17.1. The van der Waals surface area contributed by atoms with Crippen LogP contribution in [0.4, 0.5) is 0 Å². The van der Waals surface area contributed by atoms with Gasteiger partial charge in [0.05, 0.1) is 6.54 Å². The van der Waals surface area contributed by atoms with E-state index in [0.717, 1.165) is 45.6 Å². The first-order valence-corrected chi connectivity index (χ1v) is 8.94. The predicted octanol–water partition coefficient (Wildman–Crippen LogP) is 3.84. The van der Waals surface area contributed by atoms with Crippen LogP contribution in [0.2, 0.25) is 0 Å². The molecule has 0 spiro atoms. The largest absolute Gasteiger partial charge is 0.381 e. The number of aliphatic imine (C=N–C) groups is 1. The van der Waals surface area contributed by atoms with Crippen LogP contribution in [-0.4, -0.2) is 32.3 Å². The van der Waals surface area contributed by atoms with Crippen molar-refractivity contribution in [2.45, 2.75) is 50.9 Å². The molecule has 0 aliphatic carbocycles. The zero-order chi connectivity index (χ0) is 16.4. The molecule has 1 fully saturated rings. The number of guanidine groups is 1. The maximum Gasteiger partial charge on any atom is 0.188 e. The van der Waals surface area contributed by atoms with Crippen molar-refractivity contribution in [3.8, 4) is 0 Å². The molecule has 5 heteroatoms. The molecule has 1 aliphatic heterocycles. The van der Waals surface area contributed by atoms with Crippen molar-refractivity contribution in [3.05, 3.63) is 35.9 Å². The van der Waals surface area contributed by atoms with E-state index in [1.807, 2.05) is 0 Å². The Balaban J connectivity index is 0.00000288. The molecule has 1 saturated heterocycles. The highest BCUT2D eigenvalue weighted by molar-refractivity contribution is 14.0. The number of nitrogens with zero attached hydrogens (tertiary/aromatic N) is 1. The summed E-state index contributed by atoms with van der Waals surface area (Å²) in [7, 11) is 0.